The zero-order valence-corrected chi connectivity index (χ0v) is 10.8. The molecule has 0 saturated heterocycles. The van der Waals surface area contributed by atoms with Crippen LogP contribution in [0.5, 0.6) is 0 Å². The van der Waals surface area contributed by atoms with Gasteiger partial charge in [0.25, 0.3) is 5.91 Å². The Bertz CT molecular complexity index is 448. The quantitative estimate of drug-likeness (QED) is 0.641. The van der Waals surface area contributed by atoms with Crippen molar-refractivity contribution in [2.45, 2.75) is 32.3 Å². The zero-order chi connectivity index (χ0) is 14.3. The molecule has 1 aromatic heterocycles. The van der Waals surface area contributed by atoms with E-state index in [1.165, 1.54) is 18.3 Å². The molecule has 0 aliphatic heterocycles. The van der Waals surface area contributed by atoms with E-state index < -0.39 is 5.97 Å². The summed E-state index contributed by atoms with van der Waals surface area (Å²) < 4.78 is 0. The monoisotopic (exact) mass is 266 g/mol. The van der Waals surface area contributed by atoms with Gasteiger partial charge in [0, 0.05) is 18.3 Å². The van der Waals surface area contributed by atoms with Crippen LogP contribution in [-0.2, 0) is 0 Å². The highest BCUT2D eigenvalue weighted by Crippen LogP contribution is 2.03. The molecule has 1 rings (SSSR count). The van der Waals surface area contributed by atoms with Crippen molar-refractivity contribution in [3.8, 4) is 0 Å². The minimum atomic E-state index is -1.17. The molecule has 1 amide bonds. The third kappa shape index (κ3) is 5.05. The maximum atomic E-state index is 11.7. The highest BCUT2D eigenvalue weighted by atomic mass is 16.4. The van der Waals surface area contributed by atoms with Gasteiger partial charge in [-0.1, -0.05) is 6.92 Å². The smallest absolute Gasteiger partial charge is 0.354 e. The SMILES string of the molecule is CCC(O)CCCNC(=O)c1ccnc(C(=O)O)c1. The summed E-state index contributed by atoms with van der Waals surface area (Å²) in [5, 5.41) is 20.8. The topological polar surface area (TPSA) is 99.5 Å². The molecule has 0 fully saturated rings. The minimum absolute atomic E-state index is 0.158. The molecule has 0 aromatic carbocycles. The van der Waals surface area contributed by atoms with Gasteiger partial charge in [0.15, 0.2) is 0 Å². The Hall–Kier alpha value is -1.95. The van der Waals surface area contributed by atoms with Crippen molar-refractivity contribution in [1.82, 2.24) is 10.3 Å². The Labute approximate surface area is 111 Å². The highest BCUT2D eigenvalue weighted by Gasteiger charge is 2.10. The van der Waals surface area contributed by atoms with Gasteiger partial charge in [-0.15, -0.1) is 0 Å². The number of aliphatic hydroxyl groups excluding tert-OH is 1. The Morgan fingerprint density at radius 3 is 2.84 bits per heavy atom. The van der Waals surface area contributed by atoms with E-state index in [4.69, 9.17) is 5.11 Å². The summed E-state index contributed by atoms with van der Waals surface area (Å²) in [6, 6.07) is 2.70. The Morgan fingerprint density at radius 2 is 2.21 bits per heavy atom. The second-order valence-electron chi connectivity index (χ2n) is 4.20. The van der Waals surface area contributed by atoms with E-state index in [9.17, 15) is 14.7 Å². The first-order valence-electron chi connectivity index (χ1n) is 6.20. The number of pyridine rings is 1. The number of nitrogens with zero attached hydrogens (tertiary/aromatic N) is 1. The first-order valence-corrected chi connectivity index (χ1v) is 6.20. The summed E-state index contributed by atoms with van der Waals surface area (Å²) in [7, 11) is 0. The molecule has 1 atom stereocenters. The van der Waals surface area contributed by atoms with E-state index in [0.29, 0.717) is 25.8 Å². The molecule has 1 unspecified atom stereocenters. The number of carboxylic acids is 1. The van der Waals surface area contributed by atoms with Crippen LogP contribution >= 0.6 is 0 Å². The lowest BCUT2D eigenvalue weighted by molar-refractivity contribution is 0.0690. The first kappa shape index (κ1) is 15.1. The summed E-state index contributed by atoms with van der Waals surface area (Å²) in [6.07, 6.45) is 2.96. The molecular formula is C13H18N2O4. The summed E-state index contributed by atoms with van der Waals surface area (Å²) >= 11 is 0. The minimum Gasteiger partial charge on any atom is -0.477 e. The molecule has 6 heteroatoms. The fourth-order valence-electron chi connectivity index (χ4n) is 1.53. The number of carbonyl (C=O) groups excluding carboxylic acids is 1. The molecule has 0 aliphatic rings. The third-order valence-electron chi connectivity index (χ3n) is 2.71. The van der Waals surface area contributed by atoms with E-state index in [-0.39, 0.29) is 23.3 Å². The molecule has 19 heavy (non-hydrogen) atoms. The number of amides is 1. The molecule has 0 spiro atoms. The largest absolute Gasteiger partial charge is 0.477 e. The summed E-state index contributed by atoms with van der Waals surface area (Å²) in [6.45, 7) is 2.34. The predicted octanol–water partition coefficient (Wildman–Crippen LogP) is 1.06. The number of carboxylic acid groups (broad SMARTS) is 1. The lowest BCUT2D eigenvalue weighted by atomic mass is 10.1. The normalized spacial score (nSPS) is 11.9. The number of nitrogens with one attached hydrogen (secondary N) is 1. The number of hydrogen-bond acceptors (Lipinski definition) is 4. The fraction of sp³-hybridized carbons (Fsp3) is 0.462. The van der Waals surface area contributed by atoms with Crippen molar-refractivity contribution < 1.29 is 19.8 Å². The van der Waals surface area contributed by atoms with Gasteiger partial charge in [-0.3, -0.25) is 4.79 Å². The molecule has 3 N–H and O–H groups in total. The number of carbonyl (C=O) groups is 2. The number of aromatic carboxylic acids is 1. The van der Waals surface area contributed by atoms with Crippen molar-refractivity contribution >= 4 is 11.9 Å². The van der Waals surface area contributed by atoms with Crippen molar-refractivity contribution in [3.05, 3.63) is 29.6 Å². The van der Waals surface area contributed by atoms with Crippen molar-refractivity contribution in [1.29, 1.82) is 0 Å². The van der Waals surface area contributed by atoms with Gasteiger partial charge in [0.05, 0.1) is 6.10 Å². The summed E-state index contributed by atoms with van der Waals surface area (Å²) in [5.41, 5.74) is 0.109. The highest BCUT2D eigenvalue weighted by molar-refractivity contribution is 5.96. The number of rotatable bonds is 7. The maximum Gasteiger partial charge on any atom is 0.354 e. The van der Waals surface area contributed by atoms with Crippen LogP contribution in [0, 0.1) is 0 Å². The molecule has 1 heterocycles. The number of aromatic nitrogens is 1. The lowest BCUT2D eigenvalue weighted by Crippen LogP contribution is -2.25. The fourth-order valence-corrected chi connectivity index (χ4v) is 1.53. The maximum absolute atomic E-state index is 11.7. The van der Waals surface area contributed by atoms with Crippen LogP contribution in [0.1, 0.15) is 47.0 Å². The average Bonchev–Trinajstić information content (AvgIpc) is 2.43. The van der Waals surface area contributed by atoms with Crippen LogP contribution in [0.4, 0.5) is 0 Å². The molecule has 0 saturated carbocycles. The Morgan fingerprint density at radius 1 is 1.47 bits per heavy atom. The van der Waals surface area contributed by atoms with Gasteiger partial charge in [0.1, 0.15) is 5.69 Å². The second kappa shape index (κ2) is 7.48. The van der Waals surface area contributed by atoms with E-state index in [0.717, 1.165) is 0 Å². The number of hydrogen-bond donors (Lipinski definition) is 3. The van der Waals surface area contributed by atoms with Crippen LogP contribution < -0.4 is 5.32 Å². The van der Waals surface area contributed by atoms with E-state index >= 15 is 0 Å². The van der Waals surface area contributed by atoms with E-state index in [1.807, 2.05) is 6.92 Å². The first-order chi connectivity index (χ1) is 9.04. The van der Waals surface area contributed by atoms with Gasteiger partial charge >= 0.3 is 5.97 Å². The van der Waals surface area contributed by atoms with Gasteiger partial charge in [-0.25, -0.2) is 9.78 Å². The molecule has 1 aromatic rings. The van der Waals surface area contributed by atoms with Crippen LogP contribution in [0.25, 0.3) is 0 Å². The van der Waals surface area contributed by atoms with Gasteiger partial charge < -0.3 is 15.5 Å². The summed E-state index contributed by atoms with van der Waals surface area (Å²) in [4.78, 5) is 26.1. The standard InChI is InChI=1S/C13H18N2O4/c1-2-10(16)4-3-6-15-12(17)9-5-7-14-11(8-9)13(18)19/h5,7-8,10,16H,2-4,6H2,1H3,(H,15,17)(H,18,19). The molecule has 0 bridgehead atoms. The number of aliphatic hydroxyl groups is 1. The van der Waals surface area contributed by atoms with Gasteiger partial charge in [-0.2, -0.15) is 0 Å². The zero-order valence-electron chi connectivity index (χ0n) is 10.8. The van der Waals surface area contributed by atoms with Crippen molar-refractivity contribution in [2.75, 3.05) is 6.54 Å². The Kier molecular flexibility index (Phi) is 5.95. The Balaban J connectivity index is 2.45. The molecule has 6 nitrogen and oxygen atoms in total. The van der Waals surface area contributed by atoms with Crippen LogP contribution in [0.3, 0.4) is 0 Å². The van der Waals surface area contributed by atoms with Crippen molar-refractivity contribution in [2.24, 2.45) is 0 Å². The van der Waals surface area contributed by atoms with E-state index in [2.05, 4.69) is 10.3 Å². The van der Waals surface area contributed by atoms with Crippen LogP contribution in [0.2, 0.25) is 0 Å². The molecule has 104 valence electrons. The molecule has 0 radical (unpaired) electrons. The average molecular weight is 266 g/mol. The van der Waals surface area contributed by atoms with Crippen molar-refractivity contribution in [3.63, 3.8) is 0 Å². The third-order valence-corrected chi connectivity index (χ3v) is 2.71. The van der Waals surface area contributed by atoms with Crippen LogP contribution in [-0.4, -0.2) is 39.7 Å². The second-order valence-corrected chi connectivity index (χ2v) is 4.20. The summed E-state index contributed by atoms with van der Waals surface area (Å²) in [5.74, 6) is -1.50. The van der Waals surface area contributed by atoms with Gasteiger partial charge in [0.2, 0.25) is 0 Å². The van der Waals surface area contributed by atoms with E-state index in [1.54, 1.807) is 0 Å². The van der Waals surface area contributed by atoms with Crippen LogP contribution in [0.15, 0.2) is 18.3 Å². The molecule has 0 aliphatic carbocycles. The lowest BCUT2D eigenvalue weighted by Gasteiger charge is -2.08. The van der Waals surface area contributed by atoms with Gasteiger partial charge in [-0.05, 0) is 31.4 Å². The molecular weight excluding hydrogens is 248 g/mol. The predicted molar refractivity (Wildman–Crippen MR) is 69.1 cm³/mol.